The quantitative estimate of drug-likeness (QED) is 0.714. The van der Waals surface area contributed by atoms with Crippen LogP contribution in [0.4, 0.5) is 0 Å². The van der Waals surface area contributed by atoms with Gasteiger partial charge in [0, 0.05) is 13.0 Å². The molecule has 1 aliphatic carbocycles. The Balaban J connectivity index is 2.23. The van der Waals surface area contributed by atoms with Crippen LogP contribution >= 0.6 is 0 Å². The van der Waals surface area contributed by atoms with Crippen molar-refractivity contribution in [3.8, 4) is 5.75 Å². The molecule has 0 saturated heterocycles. The van der Waals surface area contributed by atoms with E-state index in [2.05, 4.69) is 57.0 Å². The number of allylic oxidation sites excluding steroid dienone is 1. The third-order valence-corrected chi connectivity index (χ3v) is 4.47. The van der Waals surface area contributed by atoms with E-state index in [4.69, 9.17) is 4.74 Å². The third kappa shape index (κ3) is 4.10. The maximum Gasteiger partial charge on any atom is 0.126 e. The zero-order chi connectivity index (χ0) is 15.2. The lowest BCUT2D eigenvalue weighted by Gasteiger charge is -2.25. The van der Waals surface area contributed by atoms with Gasteiger partial charge in [0.15, 0.2) is 0 Å². The van der Waals surface area contributed by atoms with Gasteiger partial charge in [-0.2, -0.15) is 0 Å². The molecule has 1 aromatic rings. The zero-order valence-electron chi connectivity index (χ0n) is 14.0. The number of aryl methyl sites for hydroxylation is 1. The summed E-state index contributed by atoms with van der Waals surface area (Å²) in [6, 6.07) is 4.52. The number of nitrogens with zero attached hydrogens (tertiary/aromatic N) is 1. The largest absolute Gasteiger partial charge is 0.490 e. The predicted octanol–water partition coefficient (Wildman–Crippen LogP) is 4.50. The first-order chi connectivity index (χ1) is 10.2. The molecule has 2 heteroatoms. The highest BCUT2D eigenvalue weighted by atomic mass is 16.5. The van der Waals surface area contributed by atoms with Crippen molar-refractivity contribution in [2.24, 2.45) is 0 Å². The minimum atomic E-state index is 0.346. The van der Waals surface area contributed by atoms with E-state index >= 15 is 0 Å². The minimum Gasteiger partial charge on any atom is -0.490 e. The fourth-order valence-corrected chi connectivity index (χ4v) is 2.84. The smallest absolute Gasteiger partial charge is 0.126 e. The van der Waals surface area contributed by atoms with Gasteiger partial charge in [0.1, 0.15) is 11.9 Å². The molecule has 0 bridgehead atoms. The topological polar surface area (TPSA) is 12.5 Å². The van der Waals surface area contributed by atoms with Gasteiger partial charge in [0.05, 0.1) is 0 Å². The Kier molecular flexibility index (Phi) is 5.86. The van der Waals surface area contributed by atoms with Crippen molar-refractivity contribution >= 4 is 0 Å². The van der Waals surface area contributed by atoms with Crippen LogP contribution in [0.2, 0.25) is 0 Å². The molecule has 1 unspecified atom stereocenters. The van der Waals surface area contributed by atoms with Gasteiger partial charge in [-0.05, 0) is 56.5 Å². The molecule has 0 aliphatic heterocycles. The Morgan fingerprint density at radius 1 is 1.19 bits per heavy atom. The maximum absolute atomic E-state index is 6.39. The summed E-state index contributed by atoms with van der Waals surface area (Å²) in [5, 5.41) is 0. The van der Waals surface area contributed by atoms with Gasteiger partial charge in [-0.25, -0.2) is 0 Å². The van der Waals surface area contributed by atoms with Crippen molar-refractivity contribution in [2.75, 3.05) is 13.6 Å². The standard InChI is InChI=1S/C19H29NO/c1-5-16-12-13-17(14-20(4)6-2)15(3)19(16)21-18-10-8-7-9-11-18/h7-8,12-13,18H,5-6,9-11,14H2,1-4H3. The van der Waals surface area contributed by atoms with E-state index in [-0.39, 0.29) is 0 Å². The number of hydrogen-bond donors (Lipinski definition) is 0. The summed E-state index contributed by atoms with van der Waals surface area (Å²) in [5.74, 6) is 1.14. The van der Waals surface area contributed by atoms with Crippen LogP contribution in [-0.4, -0.2) is 24.6 Å². The number of ether oxygens (including phenoxy) is 1. The Labute approximate surface area is 129 Å². The van der Waals surface area contributed by atoms with Crippen molar-refractivity contribution < 1.29 is 4.74 Å². The van der Waals surface area contributed by atoms with Crippen LogP contribution in [0.3, 0.4) is 0 Å². The zero-order valence-corrected chi connectivity index (χ0v) is 14.0. The normalized spacial score (nSPS) is 18.2. The van der Waals surface area contributed by atoms with Gasteiger partial charge in [-0.3, -0.25) is 0 Å². The molecule has 0 heterocycles. The highest BCUT2D eigenvalue weighted by Gasteiger charge is 2.17. The van der Waals surface area contributed by atoms with Crippen molar-refractivity contribution in [3.63, 3.8) is 0 Å². The van der Waals surface area contributed by atoms with Crippen molar-refractivity contribution in [1.82, 2.24) is 4.90 Å². The Morgan fingerprint density at radius 2 is 1.95 bits per heavy atom. The van der Waals surface area contributed by atoms with E-state index in [9.17, 15) is 0 Å². The van der Waals surface area contributed by atoms with Crippen molar-refractivity contribution in [1.29, 1.82) is 0 Å². The van der Waals surface area contributed by atoms with E-state index in [0.29, 0.717) is 6.10 Å². The molecule has 0 radical (unpaired) electrons. The second kappa shape index (κ2) is 7.65. The van der Waals surface area contributed by atoms with Crippen LogP contribution in [0.15, 0.2) is 24.3 Å². The van der Waals surface area contributed by atoms with Gasteiger partial charge in [-0.15, -0.1) is 0 Å². The van der Waals surface area contributed by atoms with Crippen LogP contribution in [0.1, 0.15) is 49.8 Å². The summed E-state index contributed by atoms with van der Waals surface area (Å²) in [6.07, 6.45) is 9.22. The molecule has 2 rings (SSSR count). The summed E-state index contributed by atoms with van der Waals surface area (Å²) in [6.45, 7) is 8.68. The van der Waals surface area contributed by atoms with Crippen LogP contribution < -0.4 is 4.74 Å². The van der Waals surface area contributed by atoms with Gasteiger partial charge in [0.25, 0.3) is 0 Å². The Bertz CT molecular complexity index is 493. The fourth-order valence-electron chi connectivity index (χ4n) is 2.84. The number of hydrogen-bond acceptors (Lipinski definition) is 2. The molecule has 116 valence electrons. The lowest BCUT2D eigenvalue weighted by atomic mass is 10.00. The molecule has 0 saturated carbocycles. The van der Waals surface area contributed by atoms with Gasteiger partial charge < -0.3 is 9.64 Å². The number of benzene rings is 1. The van der Waals surface area contributed by atoms with Crippen LogP contribution in [0.5, 0.6) is 5.75 Å². The lowest BCUT2D eigenvalue weighted by Crippen LogP contribution is -2.20. The van der Waals surface area contributed by atoms with Gasteiger partial charge in [0.2, 0.25) is 0 Å². The Hall–Kier alpha value is -1.28. The fraction of sp³-hybridized carbons (Fsp3) is 0.579. The van der Waals surface area contributed by atoms with Crippen LogP contribution in [-0.2, 0) is 13.0 Å². The van der Waals surface area contributed by atoms with E-state index in [0.717, 1.165) is 44.5 Å². The first-order valence-electron chi connectivity index (χ1n) is 8.27. The molecule has 1 aliphatic rings. The highest BCUT2D eigenvalue weighted by Crippen LogP contribution is 2.31. The van der Waals surface area contributed by atoms with Gasteiger partial charge >= 0.3 is 0 Å². The summed E-state index contributed by atoms with van der Waals surface area (Å²) in [4.78, 5) is 2.33. The lowest BCUT2D eigenvalue weighted by molar-refractivity contribution is 0.187. The highest BCUT2D eigenvalue weighted by molar-refractivity contribution is 5.46. The van der Waals surface area contributed by atoms with E-state index < -0.39 is 0 Å². The molecule has 1 atom stereocenters. The third-order valence-electron chi connectivity index (χ3n) is 4.47. The summed E-state index contributed by atoms with van der Waals surface area (Å²) < 4.78 is 6.39. The summed E-state index contributed by atoms with van der Waals surface area (Å²) in [7, 11) is 2.17. The molecule has 0 fully saturated rings. The molecular formula is C19H29NO. The molecule has 0 spiro atoms. The molecule has 21 heavy (non-hydrogen) atoms. The van der Waals surface area contributed by atoms with E-state index in [1.54, 1.807) is 0 Å². The molecule has 0 amide bonds. The van der Waals surface area contributed by atoms with E-state index in [1.165, 1.54) is 16.7 Å². The maximum atomic E-state index is 6.39. The van der Waals surface area contributed by atoms with Crippen LogP contribution in [0, 0.1) is 6.92 Å². The van der Waals surface area contributed by atoms with E-state index in [1.807, 2.05) is 0 Å². The predicted molar refractivity (Wildman–Crippen MR) is 90.0 cm³/mol. The molecule has 1 aromatic carbocycles. The van der Waals surface area contributed by atoms with Crippen molar-refractivity contribution in [3.05, 3.63) is 41.0 Å². The Morgan fingerprint density at radius 3 is 2.57 bits per heavy atom. The molecule has 2 nitrogen and oxygen atoms in total. The monoisotopic (exact) mass is 287 g/mol. The molecule has 0 aromatic heterocycles. The second-order valence-electron chi connectivity index (χ2n) is 6.05. The van der Waals surface area contributed by atoms with Crippen molar-refractivity contribution in [2.45, 2.75) is 59.1 Å². The average Bonchev–Trinajstić information content (AvgIpc) is 2.52. The average molecular weight is 287 g/mol. The van der Waals surface area contributed by atoms with Crippen LogP contribution in [0.25, 0.3) is 0 Å². The van der Waals surface area contributed by atoms with Gasteiger partial charge in [-0.1, -0.05) is 38.1 Å². The first-order valence-corrected chi connectivity index (χ1v) is 8.27. The molecule has 0 N–H and O–H groups in total. The summed E-state index contributed by atoms with van der Waals surface area (Å²) in [5.41, 5.74) is 4.05. The minimum absolute atomic E-state index is 0.346. The summed E-state index contributed by atoms with van der Waals surface area (Å²) >= 11 is 0. The first kappa shape index (κ1) is 16.1. The molecular weight excluding hydrogens is 258 g/mol. The second-order valence-corrected chi connectivity index (χ2v) is 6.05. The SMILES string of the molecule is CCc1ccc(CN(C)CC)c(C)c1OC1CC=CCC1. The number of rotatable bonds is 6.